The maximum Gasteiger partial charge on any atom is 0.203 e. The number of ether oxygens (including phenoxy) is 4. The summed E-state index contributed by atoms with van der Waals surface area (Å²) in [5.41, 5.74) is 1.71. The van der Waals surface area contributed by atoms with Crippen molar-refractivity contribution < 1.29 is 18.9 Å². The van der Waals surface area contributed by atoms with E-state index in [0.29, 0.717) is 22.9 Å². The van der Waals surface area contributed by atoms with Gasteiger partial charge in [-0.25, -0.2) is 0 Å². The van der Waals surface area contributed by atoms with Gasteiger partial charge in [-0.2, -0.15) is 0 Å². The van der Waals surface area contributed by atoms with Crippen molar-refractivity contribution in [3.05, 3.63) is 54.1 Å². The van der Waals surface area contributed by atoms with Crippen LogP contribution in [0.1, 0.15) is 5.56 Å². The largest absolute Gasteiger partial charge is 0.497 e. The number of rotatable bonds is 6. The summed E-state index contributed by atoms with van der Waals surface area (Å²) in [5.74, 6) is 2.54. The lowest BCUT2D eigenvalue weighted by atomic mass is 10.1. The van der Waals surface area contributed by atoms with Gasteiger partial charge < -0.3 is 18.9 Å². The first-order valence-corrected chi connectivity index (χ1v) is 8.10. The van der Waals surface area contributed by atoms with E-state index in [2.05, 4.69) is 11.1 Å². The molecule has 0 saturated carbocycles. The minimum absolute atomic E-state index is 0.550. The lowest BCUT2D eigenvalue weighted by molar-refractivity contribution is 0.324. The predicted molar refractivity (Wildman–Crippen MR) is 104 cm³/mol. The summed E-state index contributed by atoms with van der Waals surface area (Å²) in [5, 5.41) is 2.24. The molecule has 0 unspecified atom stereocenters. The number of benzene rings is 3. The molecule has 26 heavy (non-hydrogen) atoms. The summed E-state index contributed by atoms with van der Waals surface area (Å²) in [6, 6.07) is 15.8. The molecule has 0 fully saturated rings. The Morgan fingerprint density at radius 2 is 1.35 bits per heavy atom. The van der Waals surface area contributed by atoms with Gasteiger partial charge in [-0.3, -0.25) is 4.99 Å². The molecule has 3 rings (SSSR count). The van der Waals surface area contributed by atoms with Gasteiger partial charge >= 0.3 is 0 Å². The summed E-state index contributed by atoms with van der Waals surface area (Å²) >= 11 is 0. The summed E-state index contributed by atoms with van der Waals surface area (Å²) in [7, 11) is 6.41. The zero-order valence-corrected chi connectivity index (χ0v) is 15.3. The van der Waals surface area contributed by atoms with Crippen LogP contribution in [0.15, 0.2) is 53.5 Å². The maximum absolute atomic E-state index is 5.36. The van der Waals surface area contributed by atoms with E-state index in [1.54, 1.807) is 28.4 Å². The Labute approximate surface area is 152 Å². The molecule has 0 spiro atoms. The van der Waals surface area contributed by atoms with Crippen molar-refractivity contribution in [2.45, 2.75) is 0 Å². The molecule has 0 aliphatic rings. The average Bonchev–Trinajstić information content (AvgIpc) is 2.70. The molecule has 134 valence electrons. The van der Waals surface area contributed by atoms with Crippen LogP contribution in [-0.2, 0) is 0 Å². The average molecular weight is 351 g/mol. The van der Waals surface area contributed by atoms with Gasteiger partial charge in [0, 0.05) is 18.3 Å². The highest BCUT2D eigenvalue weighted by Gasteiger charge is 2.12. The van der Waals surface area contributed by atoms with Crippen LogP contribution in [0.5, 0.6) is 23.0 Å². The van der Waals surface area contributed by atoms with E-state index >= 15 is 0 Å². The Kier molecular flexibility index (Phi) is 5.27. The molecule has 3 aromatic rings. The second-order valence-electron chi connectivity index (χ2n) is 5.61. The molecule has 5 nitrogen and oxygen atoms in total. The van der Waals surface area contributed by atoms with Crippen LogP contribution in [-0.4, -0.2) is 34.7 Å². The molecule has 0 atom stereocenters. The first-order chi connectivity index (χ1) is 12.7. The number of nitrogens with zero attached hydrogens (tertiary/aromatic N) is 1. The normalized spacial score (nSPS) is 10.9. The second kappa shape index (κ2) is 7.78. The summed E-state index contributed by atoms with van der Waals surface area (Å²) in [6.45, 7) is 0. The van der Waals surface area contributed by atoms with Gasteiger partial charge in [-0.15, -0.1) is 0 Å². The molecule has 3 aromatic carbocycles. The monoisotopic (exact) mass is 351 g/mol. The van der Waals surface area contributed by atoms with Gasteiger partial charge in [0.2, 0.25) is 5.75 Å². The topological polar surface area (TPSA) is 49.3 Å². The minimum atomic E-state index is 0.550. The van der Waals surface area contributed by atoms with Crippen LogP contribution in [0.25, 0.3) is 10.8 Å². The number of fused-ring (bicyclic) bond motifs is 1. The molecule has 0 radical (unpaired) electrons. The number of hydrogen-bond acceptors (Lipinski definition) is 5. The van der Waals surface area contributed by atoms with Gasteiger partial charge in [-0.05, 0) is 34.5 Å². The third kappa shape index (κ3) is 3.57. The van der Waals surface area contributed by atoms with Crippen LogP contribution in [0.2, 0.25) is 0 Å². The van der Waals surface area contributed by atoms with E-state index in [-0.39, 0.29) is 0 Å². The lowest BCUT2D eigenvalue weighted by Crippen LogP contribution is -1.94. The van der Waals surface area contributed by atoms with Crippen molar-refractivity contribution in [3.63, 3.8) is 0 Å². The Hall–Kier alpha value is -3.21. The molecular weight excluding hydrogens is 330 g/mol. The number of aliphatic imine (C=N–C) groups is 1. The zero-order valence-electron chi connectivity index (χ0n) is 15.3. The third-order valence-electron chi connectivity index (χ3n) is 4.08. The molecule has 0 aliphatic carbocycles. The zero-order chi connectivity index (χ0) is 18.5. The summed E-state index contributed by atoms with van der Waals surface area (Å²) in [4.78, 5) is 4.54. The number of hydrogen-bond donors (Lipinski definition) is 0. The van der Waals surface area contributed by atoms with Gasteiger partial charge in [0.05, 0.1) is 34.1 Å². The Balaban J connectivity index is 1.93. The fraction of sp³-hybridized carbons (Fsp3) is 0.190. The number of methoxy groups -OCH3 is 4. The smallest absolute Gasteiger partial charge is 0.203 e. The Bertz CT molecular complexity index is 925. The fourth-order valence-electron chi connectivity index (χ4n) is 2.74. The summed E-state index contributed by atoms with van der Waals surface area (Å²) in [6.07, 6.45) is 1.81. The molecule has 0 N–H and O–H groups in total. The van der Waals surface area contributed by atoms with Crippen molar-refractivity contribution >= 4 is 22.7 Å². The van der Waals surface area contributed by atoms with Crippen molar-refractivity contribution in [2.24, 2.45) is 4.99 Å². The molecule has 0 aromatic heterocycles. The van der Waals surface area contributed by atoms with Gasteiger partial charge in [0.15, 0.2) is 11.5 Å². The minimum Gasteiger partial charge on any atom is -0.497 e. The highest BCUT2D eigenvalue weighted by atomic mass is 16.5. The molecule has 0 amide bonds. The van der Waals surface area contributed by atoms with Crippen molar-refractivity contribution in [1.82, 2.24) is 0 Å². The van der Waals surface area contributed by atoms with Gasteiger partial charge in [-0.1, -0.05) is 18.2 Å². The molecule has 0 saturated heterocycles. The first-order valence-electron chi connectivity index (χ1n) is 8.10. The Morgan fingerprint density at radius 3 is 1.96 bits per heavy atom. The third-order valence-corrected chi connectivity index (χ3v) is 4.08. The van der Waals surface area contributed by atoms with E-state index in [1.165, 1.54) is 0 Å². The van der Waals surface area contributed by atoms with E-state index < -0.39 is 0 Å². The highest BCUT2D eigenvalue weighted by molar-refractivity contribution is 5.92. The van der Waals surface area contributed by atoms with Crippen LogP contribution in [0.4, 0.5) is 5.69 Å². The van der Waals surface area contributed by atoms with E-state index in [9.17, 15) is 0 Å². The fourth-order valence-corrected chi connectivity index (χ4v) is 2.74. The maximum atomic E-state index is 5.36. The van der Waals surface area contributed by atoms with Crippen LogP contribution in [0, 0.1) is 0 Å². The SMILES string of the molecule is COc1ccc2cc(C=Nc3cc(OC)c(OC)c(OC)c3)ccc2c1. The lowest BCUT2D eigenvalue weighted by Gasteiger charge is -2.12. The van der Waals surface area contributed by atoms with Crippen LogP contribution in [0.3, 0.4) is 0 Å². The molecule has 0 bridgehead atoms. The standard InChI is InChI=1S/C21H21NO4/c1-23-18-8-7-15-9-14(5-6-16(15)10-18)13-22-17-11-19(24-2)21(26-4)20(12-17)25-3/h5-13H,1-4H3. The quantitative estimate of drug-likeness (QED) is 0.608. The molecule has 0 aliphatic heterocycles. The van der Waals surface area contributed by atoms with Gasteiger partial charge in [0.25, 0.3) is 0 Å². The highest BCUT2D eigenvalue weighted by Crippen LogP contribution is 2.40. The van der Waals surface area contributed by atoms with E-state index in [0.717, 1.165) is 22.1 Å². The van der Waals surface area contributed by atoms with Crippen molar-refractivity contribution in [1.29, 1.82) is 0 Å². The predicted octanol–water partition coefficient (Wildman–Crippen LogP) is 4.62. The van der Waals surface area contributed by atoms with Crippen LogP contribution < -0.4 is 18.9 Å². The van der Waals surface area contributed by atoms with Gasteiger partial charge in [0.1, 0.15) is 5.75 Å². The second-order valence-corrected chi connectivity index (χ2v) is 5.61. The molecule has 5 heteroatoms. The Morgan fingerprint density at radius 1 is 0.692 bits per heavy atom. The summed E-state index contributed by atoms with van der Waals surface area (Å²) < 4.78 is 21.3. The van der Waals surface area contributed by atoms with E-state index in [1.807, 2.05) is 48.7 Å². The van der Waals surface area contributed by atoms with Crippen LogP contribution >= 0.6 is 0 Å². The molecule has 0 heterocycles. The van der Waals surface area contributed by atoms with Crippen molar-refractivity contribution in [3.8, 4) is 23.0 Å². The molecular formula is C21H21NO4. The first kappa shape index (κ1) is 17.6. The van der Waals surface area contributed by atoms with E-state index in [4.69, 9.17) is 18.9 Å². The van der Waals surface area contributed by atoms with Crippen molar-refractivity contribution in [2.75, 3.05) is 28.4 Å².